The summed E-state index contributed by atoms with van der Waals surface area (Å²) in [7, 11) is 0. The van der Waals surface area contributed by atoms with E-state index in [4.69, 9.17) is 5.73 Å². The van der Waals surface area contributed by atoms with E-state index in [0.29, 0.717) is 19.3 Å². The van der Waals surface area contributed by atoms with E-state index in [1.54, 1.807) is 0 Å². The lowest BCUT2D eigenvalue weighted by Crippen LogP contribution is -2.47. The molecule has 1 aliphatic carbocycles. The summed E-state index contributed by atoms with van der Waals surface area (Å²) in [5.41, 5.74) is 4.83. The molecule has 0 saturated heterocycles. The molecule has 0 heterocycles. The monoisotopic (exact) mass is 256 g/mol. The lowest BCUT2D eigenvalue weighted by Gasteiger charge is -2.28. The van der Waals surface area contributed by atoms with Gasteiger partial charge < -0.3 is 16.2 Å². The highest BCUT2D eigenvalue weighted by molar-refractivity contribution is 5.82. The van der Waals surface area contributed by atoms with Gasteiger partial charge in [-0.1, -0.05) is 32.6 Å². The van der Waals surface area contributed by atoms with E-state index in [1.165, 1.54) is 0 Å². The van der Waals surface area contributed by atoms with Crippen molar-refractivity contribution in [3.8, 4) is 0 Å². The SMILES string of the molecule is CC[C@@H](N)C(=O)NCC1(C(=O)O)CCCCCC1. The lowest BCUT2D eigenvalue weighted by atomic mass is 9.80. The Morgan fingerprint density at radius 3 is 2.28 bits per heavy atom. The summed E-state index contributed by atoms with van der Waals surface area (Å²) in [5.74, 6) is -1.04. The number of carboxylic acids is 1. The van der Waals surface area contributed by atoms with E-state index in [0.717, 1.165) is 25.7 Å². The molecule has 0 bridgehead atoms. The van der Waals surface area contributed by atoms with Crippen LogP contribution < -0.4 is 11.1 Å². The number of hydrogen-bond acceptors (Lipinski definition) is 3. The fourth-order valence-electron chi connectivity index (χ4n) is 2.44. The van der Waals surface area contributed by atoms with Crippen molar-refractivity contribution >= 4 is 11.9 Å². The smallest absolute Gasteiger partial charge is 0.311 e. The Morgan fingerprint density at radius 1 is 1.28 bits per heavy atom. The third-order valence-corrected chi connectivity index (χ3v) is 3.89. The largest absolute Gasteiger partial charge is 0.481 e. The van der Waals surface area contributed by atoms with Gasteiger partial charge in [0, 0.05) is 6.54 Å². The number of carbonyl (C=O) groups excluding carboxylic acids is 1. The van der Waals surface area contributed by atoms with Crippen LogP contribution in [0.4, 0.5) is 0 Å². The lowest BCUT2D eigenvalue weighted by molar-refractivity contribution is -0.149. The minimum atomic E-state index is -0.797. The van der Waals surface area contributed by atoms with E-state index in [2.05, 4.69) is 5.32 Å². The zero-order valence-corrected chi connectivity index (χ0v) is 11.1. The van der Waals surface area contributed by atoms with Crippen LogP contribution in [0.2, 0.25) is 0 Å². The average Bonchev–Trinajstić information content (AvgIpc) is 2.61. The highest BCUT2D eigenvalue weighted by Crippen LogP contribution is 2.34. The van der Waals surface area contributed by atoms with Crippen LogP contribution in [0.25, 0.3) is 0 Å². The molecule has 1 saturated carbocycles. The minimum Gasteiger partial charge on any atom is -0.481 e. The van der Waals surface area contributed by atoms with Crippen molar-refractivity contribution in [1.29, 1.82) is 0 Å². The molecule has 0 radical (unpaired) electrons. The van der Waals surface area contributed by atoms with Crippen molar-refractivity contribution in [3.63, 3.8) is 0 Å². The molecule has 0 aromatic carbocycles. The van der Waals surface area contributed by atoms with Gasteiger partial charge in [-0.05, 0) is 19.3 Å². The van der Waals surface area contributed by atoms with Gasteiger partial charge in [-0.3, -0.25) is 9.59 Å². The van der Waals surface area contributed by atoms with Crippen molar-refractivity contribution in [2.75, 3.05) is 6.54 Å². The maximum atomic E-state index is 11.6. The molecular formula is C13H24N2O3. The van der Waals surface area contributed by atoms with E-state index < -0.39 is 17.4 Å². The molecule has 104 valence electrons. The molecule has 1 atom stereocenters. The zero-order valence-electron chi connectivity index (χ0n) is 11.1. The van der Waals surface area contributed by atoms with E-state index in [9.17, 15) is 14.7 Å². The summed E-state index contributed by atoms with van der Waals surface area (Å²) in [5, 5.41) is 12.1. The van der Waals surface area contributed by atoms with E-state index in [-0.39, 0.29) is 12.5 Å². The number of rotatable bonds is 5. The van der Waals surface area contributed by atoms with Crippen molar-refractivity contribution in [3.05, 3.63) is 0 Å². The Hall–Kier alpha value is -1.10. The normalized spacial score (nSPS) is 20.8. The number of carboxylic acid groups (broad SMARTS) is 1. The van der Waals surface area contributed by atoms with Gasteiger partial charge in [0.1, 0.15) is 0 Å². The summed E-state index contributed by atoms with van der Waals surface area (Å²) in [4.78, 5) is 23.1. The first-order valence-electron chi connectivity index (χ1n) is 6.78. The Kier molecular flexibility index (Phi) is 5.59. The number of carbonyl (C=O) groups is 2. The topological polar surface area (TPSA) is 92.4 Å². The third-order valence-electron chi connectivity index (χ3n) is 3.89. The second-order valence-electron chi connectivity index (χ2n) is 5.23. The first-order valence-corrected chi connectivity index (χ1v) is 6.78. The standard InChI is InChI=1S/C13H24N2O3/c1-2-10(14)11(16)15-9-13(12(17)18)7-5-3-4-6-8-13/h10H,2-9,14H2,1H3,(H,15,16)(H,17,18)/t10-/m1/s1. The van der Waals surface area contributed by atoms with Crippen LogP contribution in [0.3, 0.4) is 0 Å². The second kappa shape index (κ2) is 6.73. The number of amides is 1. The van der Waals surface area contributed by atoms with Gasteiger partial charge in [0.15, 0.2) is 0 Å². The van der Waals surface area contributed by atoms with Gasteiger partial charge in [-0.25, -0.2) is 0 Å². The van der Waals surface area contributed by atoms with Gasteiger partial charge in [0.25, 0.3) is 0 Å². The van der Waals surface area contributed by atoms with Gasteiger partial charge in [0.05, 0.1) is 11.5 Å². The van der Waals surface area contributed by atoms with Crippen LogP contribution in [0.1, 0.15) is 51.9 Å². The highest BCUT2D eigenvalue weighted by Gasteiger charge is 2.39. The summed E-state index contributed by atoms with van der Waals surface area (Å²) in [6, 6.07) is -0.540. The molecule has 5 nitrogen and oxygen atoms in total. The Labute approximate surface area is 108 Å². The van der Waals surface area contributed by atoms with Crippen LogP contribution in [0, 0.1) is 5.41 Å². The molecule has 0 aliphatic heterocycles. The van der Waals surface area contributed by atoms with Crippen molar-refractivity contribution in [1.82, 2.24) is 5.32 Å². The number of aliphatic carboxylic acids is 1. The Balaban J connectivity index is 2.62. The summed E-state index contributed by atoms with van der Waals surface area (Å²) in [6.07, 6.45) is 5.85. The van der Waals surface area contributed by atoms with E-state index in [1.807, 2.05) is 6.92 Å². The van der Waals surface area contributed by atoms with E-state index >= 15 is 0 Å². The maximum absolute atomic E-state index is 11.6. The number of nitrogens with one attached hydrogen (secondary N) is 1. The van der Waals surface area contributed by atoms with Crippen molar-refractivity contribution < 1.29 is 14.7 Å². The fraction of sp³-hybridized carbons (Fsp3) is 0.846. The van der Waals surface area contributed by atoms with Crippen LogP contribution in [-0.2, 0) is 9.59 Å². The second-order valence-corrected chi connectivity index (χ2v) is 5.23. The molecule has 1 rings (SSSR count). The van der Waals surface area contributed by atoms with Gasteiger partial charge in [-0.15, -0.1) is 0 Å². The number of hydrogen-bond donors (Lipinski definition) is 3. The first kappa shape index (κ1) is 15.0. The summed E-state index contributed by atoms with van der Waals surface area (Å²) < 4.78 is 0. The van der Waals surface area contributed by atoms with Gasteiger partial charge in [0.2, 0.25) is 5.91 Å². The summed E-state index contributed by atoms with van der Waals surface area (Å²) in [6.45, 7) is 2.04. The van der Waals surface area contributed by atoms with Gasteiger partial charge in [-0.2, -0.15) is 0 Å². The van der Waals surface area contributed by atoms with Gasteiger partial charge >= 0.3 is 5.97 Å². The molecule has 1 amide bonds. The zero-order chi connectivity index (χ0) is 13.6. The quantitative estimate of drug-likeness (QED) is 0.646. The molecule has 4 N–H and O–H groups in total. The Morgan fingerprint density at radius 2 is 1.83 bits per heavy atom. The predicted molar refractivity (Wildman–Crippen MR) is 69.0 cm³/mol. The molecule has 0 unspecified atom stereocenters. The molecule has 0 aromatic rings. The summed E-state index contributed by atoms with van der Waals surface area (Å²) >= 11 is 0. The fourth-order valence-corrected chi connectivity index (χ4v) is 2.44. The number of nitrogens with two attached hydrogens (primary N) is 1. The minimum absolute atomic E-state index is 0.203. The molecule has 0 aromatic heterocycles. The average molecular weight is 256 g/mol. The molecule has 1 aliphatic rings. The van der Waals surface area contributed by atoms with Crippen molar-refractivity contribution in [2.45, 2.75) is 57.9 Å². The maximum Gasteiger partial charge on any atom is 0.311 e. The third kappa shape index (κ3) is 3.70. The molecule has 1 fully saturated rings. The molecular weight excluding hydrogens is 232 g/mol. The molecule has 0 spiro atoms. The first-order chi connectivity index (χ1) is 8.52. The van der Waals surface area contributed by atoms with Crippen molar-refractivity contribution in [2.24, 2.45) is 11.1 Å². The Bertz CT molecular complexity index is 297. The van der Waals surface area contributed by atoms with Crippen LogP contribution >= 0.6 is 0 Å². The highest BCUT2D eigenvalue weighted by atomic mass is 16.4. The van der Waals surface area contributed by atoms with Crippen LogP contribution in [0.5, 0.6) is 0 Å². The molecule has 5 heteroatoms. The van der Waals surface area contributed by atoms with Crippen LogP contribution in [-0.4, -0.2) is 29.6 Å². The molecule has 18 heavy (non-hydrogen) atoms. The predicted octanol–water partition coefficient (Wildman–Crippen LogP) is 1.27. The van der Waals surface area contributed by atoms with Crippen LogP contribution in [0.15, 0.2) is 0 Å².